The molecule has 0 saturated carbocycles. The third-order valence-corrected chi connectivity index (χ3v) is 4.03. The molecular formula is C20H30O3. The van der Waals surface area contributed by atoms with Crippen LogP contribution in [0.5, 0.6) is 5.75 Å². The average Bonchev–Trinajstić information content (AvgIpc) is 2.59. The zero-order chi connectivity index (χ0) is 16.9. The summed E-state index contributed by atoms with van der Waals surface area (Å²) in [5.74, 6) is 1.01. The Labute approximate surface area is 140 Å². The summed E-state index contributed by atoms with van der Waals surface area (Å²) >= 11 is 0. The molecule has 0 fully saturated rings. The van der Waals surface area contributed by atoms with Crippen LogP contribution >= 0.6 is 0 Å². The van der Waals surface area contributed by atoms with Crippen molar-refractivity contribution >= 4 is 12.0 Å². The summed E-state index contributed by atoms with van der Waals surface area (Å²) in [6.07, 6.45) is 10.5. The van der Waals surface area contributed by atoms with Gasteiger partial charge in [-0.25, -0.2) is 4.79 Å². The molecule has 1 aromatic rings. The number of rotatable bonds is 11. The van der Waals surface area contributed by atoms with Crippen molar-refractivity contribution in [2.24, 2.45) is 5.92 Å². The van der Waals surface area contributed by atoms with Crippen LogP contribution in [0.4, 0.5) is 0 Å². The van der Waals surface area contributed by atoms with Gasteiger partial charge in [0.1, 0.15) is 5.75 Å². The number of carbonyl (C=O) groups is 1. The van der Waals surface area contributed by atoms with E-state index in [-0.39, 0.29) is 5.97 Å². The maximum atomic E-state index is 11.8. The number of benzene rings is 1. The molecule has 0 N–H and O–H groups in total. The van der Waals surface area contributed by atoms with Gasteiger partial charge in [0.05, 0.1) is 13.7 Å². The average molecular weight is 318 g/mol. The van der Waals surface area contributed by atoms with Gasteiger partial charge in [0, 0.05) is 6.08 Å². The van der Waals surface area contributed by atoms with Gasteiger partial charge in [-0.2, -0.15) is 0 Å². The Bertz CT molecular complexity index is 462. The molecule has 0 aromatic heterocycles. The predicted octanol–water partition coefficient (Wildman–Crippen LogP) is 5.25. The van der Waals surface area contributed by atoms with E-state index in [2.05, 4.69) is 13.8 Å². The summed E-state index contributed by atoms with van der Waals surface area (Å²) in [4.78, 5) is 11.8. The first-order valence-electron chi connectivity index (χ1n) is 8.68. The van der Waals surface area contributed by atoms with E-state index in [9.17, 15) is 4.79 Å². The number of ether oxygens (including phenoxy) is 2. The molecule has 0 saturated heterocycles. The number of hydrogen-bond donors (Lipinski definition) is 0. The Hall–Kier alpha value is -1.77. The van der Waals surface area contributed by atoms with Crippen molar-refractivity contribution in [3.8, 4) is 5.75 Å². The van der Waals surface area contributed by atoms with Gasteiger partial charge in [-0.3, -0.25) is 0 Å². The minimum atomic E-state index is -0.271. The molecule has 0 aliphatic rings. The molecular weight excluding hydrogens is 288 g/mol. The molecule has 0 heterocycles. The summed E-state index contributed by atoms with van der Waals surface area (Å²) in [5.41, 5.74) is 0.953. The van der Waals surface area contributed by atoms with Gasteiger partial charge in [-0.05, 0) is 36.1 Å². The van der Waals surface area contributed by atoms with Gasteiger partial charge < -0.3 is 9.47 Å². The summed E-state index contributed by atoms with van der Waals surface area (Å²) in [7, 11) is 1.63. The normalized spacial score (nSPS) is 12.3. The first-order chi connectivity index (χ1) is 11.2. The van der Waals surface area contributed by atoms with Crippen LogP contribution < -0.4 is 4.74 Å². The molecule has 23 heavy (non-hydrogen) atoms. The van der Waals surface area contributed by atoms with Crippen molar-refractivity contribution < 1.29 is 14.3 Å². The highest BCUT2D eigenvalue weighted by molar-refractivity contribution is 5.87. The van der Waals surface area contributed by atoms with E-state index in [0.717, 1.165) is 24.2 Å². The number of carbonyl (C=O) groups excluding carboxylic acids is 1. The van der Waals surface area contributed by atoms with Crippen LogP contribution in [0.25, 0.3) is 6.08 Å². The number of methoxy groups -OCH3 is 1. The fraction of sp³-hybridized carbons (Fsp3) is 0.550. The first kappa shape index (κ1) is 19.3. The third-order valence-electron chi connectivity index (χ3n) is 4.03. The van der Waals surface area contributed by atoms with E-state index in [1.54, 1.807) is 13.2 Å². The van der Waals surface area contributed by atoms with E-state index >= 15 is 0 Å². The summed E-state index contributed by atoms with van der Waals surface area (Å²) in [5, 5.41) is 0. The Kier molecular flexibility index (Phi) is 9.85. The zero-order valence-electron chi connectivity index (χ0n) is 14.7. The van der Waals surface area contributed by atoms with E-state index < -0.39 is 0 Å². The molecule has 3 nitrogen and oxygen atoms in total. The standard InChI is InChI=1S/C20H30O3/c1-4-6-7-8-9-17(5-2)16-23-20(21)15-12-18-10-13-19(22-3)14-11-18/h10-15,17H,4-9,16H2,1-3H3. The van der Waals surface area contributed by atoms with Gasteiger partial charge in [0.2, 0.25) is 0 Å². The summed E-state index contributed by atoms with van der Waals surface area (Å²) in [6, 6.07) is 7.55. The van der Waals surface area contributed by atoms with Crippen molar-refractivity contribution in [3.05, 3.63) is 35.9 Å². The largest absolute Gasteiger partial charge is 0.497 e. The highest BCUT2D eigenvalue weighted by atomic mass is 16.5. The van der Waals surface area contributed by atoms with Gasteiger partial charge in [-0.1, -0.05) is 58.1 Å². The molecule has 0 aliphatic heterocycles. The van der Waals surface area contributed by atoms with E-state index in [1.807, 2.05) is 24.3 Å². The van der Waals surface area contributed by atoms with Crippen LogP contribution in [0, 0.1) is 5.92 Å². The van der Waals surface area contributed by atoms with Gasteiger partial charge >= 0.3 is 5.97 Å². The van der Waals surface area contributed by atoms with Crippen molar-refractivity contribution in [2.75, 3.05) is 13.7 Å². The predicted molar refractivity (Wildman–Crippen MR) is 95.5 cm³/mol. The van der Waals surface area contributed by atoms with Gasteiger partial charge in [0.25, 0.3) is 0 Å². The molecule has 1 rings (SSSR count). The molecule has 0 aliphatic carbocycles. The van der Waals surface area contributed by atoms with Crippen LogP contribution in [0.3, 0.4) is 0 Å². The summed E-state index contributed by atoms with van der Waals surface area (Å²) < 4.78 is 10.5. The molecule has 0 bridgehead atoms. The highest BCUT2D eigenvalue weighted by Crippen LogP contribution is 2.15. The van der Waals surface area contributed by atoms with E-state index in [1.165, 1.54) is 31.8 Å². The maximum absolute atomic E-state index is 11.8. The molecule has 1 aromatic carbocycles. The Morgan fingerprint density at radius 3 is 2.48 bits per heavy atom. The lowest BCUT2D eigenvalue weighted by Crippen LogP contribution is -2.12. The fourth-order valence-corrected chi connectivity index (χ4v) is 2.39. The maximum Gasteiger partial charge on any atom is 0.330 e. The topological polar surface area (TPSA) is 35.5 Å². The number of hydrogen-bond acceptors (Lipinski definition) is 3. The van der Waals surface area contributed by atoms with Crippen LogP contribution in [-0.4, -0.2) is 19.7 Å². The van der Waals surface area contributed by atoms with Crippen LogP contribution in [0.15, 0.2) is 30.3 Å². The van der Waals surface area contributed by atoms with Crippen LogP contribution in [0.2, 0.25) is 0 Å². The van der Waals surface area contributed by atoms with Crippen LogP contribution in [0.1, 0.15) is 57.9 Å². The molecule has 0 radical (unpaired) electrons. The second-order valence-corrected chi connectivity index (χ2v) is 5.86. The highest BCUT2D eigenvalue weighted by Gasteiger charge is 2.08. The minimum Gasteiger partial charge on any atom is -0.497 e. The molecule has 128 valence electrons. The first-order valence-corrected chi connectivity index (χ1v) is 8.68. The van der Waals surface area contributed by atoms with Gasteiger partial charge in [0.15, 0.2) is 0 Å². The lowest BCUT2D eigenvalue weighted by molar-refractivity contribution is -0.139. The lowest BCUT2D eigenvalue weighted by atomic mass is 9.99. The van der Waals surface area contributed by atoms with Crippen molar-refractivity contribution in [1.82, 2.24) is 0 Å². The summed E-state index contributed by atoms with van der Waals surface area (Å²) in [6.45, 7) is 4.90. The monoisotopic (exact) mass is 318 g/mol. The molecule has 1 atom stereocenters. The number of unbranched alkanes of at least 4 members (excludes halogenated alkanes) is 3. The Morgan fingerprint density at radius 1 is 1.13 bits per heavy atom. The van der Waals surface area contributed by atoms with Crippen molar-refractivity contribution in [1.29, 1.82) is 0 Å². The SMILES string of the molecule is CCCCCCC(CC)COC(=O)C=Cc1ccc(OC)cc1. The fourth-order valence-electron chi connectivity index (χ4n) is 2.39. The molecule has 0 amide bonds. The van der Waals surface area contributed by atoms with Gasteiger partial charge in [-0.15, -0.1) is 0 Å². The Balaban J connectivity index is 2.32. The van der Waals surface area contributed by atoms with Crippen LogP contribution in [-0.2, 0) is 9.53 Å². The molecule has 0 spiro atoms. The lowest BCUT2D eigenvalue weighted by Gasteiger charge is -2.14. The second-order valence-electron chi connectivity index (χ2n) is 5.86. The number of esters is 1. The van der Waals surface area contributed by atoms with E-state index in [4.69, 9.17) is 9.47 Å². The van der Waals surface area contributed by atoms with Crippen molar-refractivity contribution in [2.45, 2.75) is 52.4 Å². The van der Waals surface area contributed by atoms with E-state index in [0.29, 0.717) is 12.5 Å². The third kappa shape index (κ3) is 8.44. The Morgan fingerprint density at radius 2 is 1.87 bits per heavy atom. The molecule has 3 heteroatoms. The minimum absolute atomic E-state index is 0.271. The quantitative estimate of drug-likeness (QED) is 0.317. The second kappa shape index (κ2) is 11.8. The zero-order valence-corrected chi connectivity index (χ0v) is 14.7. The van der Waals surface area contributed by atoms with Crippen molar-refractivity contribution in [3.63, 3.8) is 0 Å². The smallest absolute Gasteiger partial charge is 0.330 e. The molecule has 1 unspecified atom stereocenters.